The van der Waals surface area contributed by atoms with Crippen molar-refractivity contribution in [3.05, 3.63) is 29.8 Å². The first-order chi connectivity index (χ1) is 11.6. The number of nitrogens with one attached hydrogen (secondary N) is 1. The van der Waals surface area contributed by atoms with Crippen molar-refractivity contribution in [3.63, 3.8) is 0 Å². The summed E-state index contributed by atoms with van der Waals surface area (Å²) in [5.74, 6) is 0.412. The number of piperidine rings is 1. The first kappa shape index (κ1) is 16.8. The number of nitrogens with zero attached hydrogens (tertiary/aromatic N) is 1. The third-order valence-corrected chi connectivity index (χ3v) is 4.92. The number of aromatic carboxylic acids is 1. The molecule has 1 aromatic carbocycles. The van der Waals surface area contributed by atoms with Gasteiger partial charge in [0.2, 0.25) is 5.91 Å². The molecule has 0 aromatic heterocycles. The second-order valence-electron chi connectivity index (χ2n) is 6.61. The second-order valence-corrected chi connectivity index (χ2v) is 6.61. The molecular formula is C18H24N2O4. The monoisotopic (exact) mass is 332 g/mol. The minimum Gasteiger partial charge on any atom is -0.492 e. The van der Waals surface area contributed by atoms with E-state index in [1.54, 1.807) is 12.1 Å². The molecule has 6 nitrogen and oxygen atoms in total. The Morgan fingerprint density at radius 2 is 2.21 bits per heavy atom. The molecule has 2 atom stereocenters. The Morgan fingerprint density at radius 3 is 2.92 bits per heavy atom. The van der Waals surface area contributed by atoms with Gasteiger partial charge in [-0.05, 0) is 43.4 Å². The fourth-order valence-electron chi connectivity index (χ4n) is 3.71. The highest BCUT2D eigenvalue weighted by molar-refractivity contribution is 5.88. The van der Waals surface area contributed by atoms with Crippen LogP contribution in [0, 0.1) is 5.92 Å². The number of carbonyl (C=O) groups is 2. The van der Waals surface area contributed by atoms with E-state index in [1.807, 2.05) is 0 Å². The number of benzene rings is 1. The molecular weight excluding hydrogens is 308 g/mol. The molecule has 1 aromatic rings. The Bertz CT molecular complexity index is 604. The maximum Gasteiger partial charge on any atom is 0.335 e. The van der Waals surface area contributed by atoms with Crippen LogP contribution in [-0.2, 0) is 4.79 Å². The Labute approximate surface area is 141 Å². The molecule has 1 aliphatic heterocycles. The number of carboxylic acid groups (broad SMARTS) is 1. The van der Waals surface area contributed by atoms with Gasteiger partial charge in [0.15, 0.2) is 0 Å². The van der Waals surface area contributed by atoms with Crippen LogP contribution in [0.2, 0.25) is 0 Å². The van der Waals surface area contributed by atoms with Crippen molar-refractivity contribution in [2.75, 3.05) is 26.2 Å². The summed E-state index contributed by atoms with van der Waals surface area (Å²) in [4.78, 5) is 25.2. The molecule has 1 saturated carbocycles. The zero-order valence-corrected chi connectivity index (χ0v) is 13.7. The molecule has 2 N–H and O–H groups in total. The molecule has 2 unspecified atom stereocenters. The lowest BCUT2D eigenvalue weighted by Crippen LogP contribution is -2.36. The molecule has 1 aliphatic carbocycles. The summed E-state index contributed by atoms with van der Waals surface area (Å²) in [6.07, 6.45) is 4.48. The zero-order chi connectivity index (χ0) is 16.9. The summed E-state index contributed by atoms with van der Waals surface area (Å²) in [7, 11) is 0. The molecule has 130 valence electrons. The van der Waals surface area contributed by atoms with E-state index in [-0.39, 0.29) is 11.5 Å². The molecule has 0 radical (unpaired) electrons. The van der Waals surface area contributed by atoms with Crippen LogP contribution in [0.3, 0.4) is 0 Å². The van der Waals surface area contributed by atoms with E-state index in [4.69, 9.17) is 9.84 Å². The van der Waals surface area contributed by atoms with Crippen molar-refractivity contribution >= 4 is 11.9 Å². The van der Waals surface area contributed by atoms with Crippen molar-refractivity contribution in [3.8, 4) is 5.75 Å². The number of hydrogen-bond donors (Lipinski definition) is 2. The maximum absolute atomic E-state index is 11.9. The highest BCUT2D eigenvalue weighted by Crippen LogP contribution is 2.37. The van der Waals surface area contributed by atoms with Crippen molar-refractivity contribution in [1.29, 1.82) is 0 Å². The van der Waals surface area contributed by atoms with E-state index >= 15 is 0 Å². The Hall–Kier alpha value is -2.08. The predicted octanol–water partition coefficient (Wildman–Crippen LogP) is 1.75. The summed E-state index contributed by atoms with van der Waals surface area (Å²) in [6.45, 7) is 2.74. The number of carbonyl (C=O) groups excluding carboxylic acids is 1. The van der Waals surface area contributed by atoms with Crippen LogP contribution in [0.25, 0.3) is 0 Å². The largest absolute Gasteiger partial charge is 0.492 e. The summed E-state index contributed by atoms with van der Waals surface area (Å²) >= 11 is 0. The van der Waals surface area contributed by atoms with Crippen LogP contribution in [-0.4, -0.2) is 54.2 Å². The van der Waals surface area contributed by atoms with Crippen LogP contribution in [0.4, 0.5) is 0 Å². The second kappa shape index (κ2) is 7.66. The lowest BCUT2D eigenvalue weighted by molar-refractivity contribution is -0.121. The smallest absolute Gasteiger partial charge is 0.335 e. The zero-order valence-electron chi connectivity index (χ0n) is 13.7. The van der Waals surface area contributed by atoms with Gasteiger partial charge >= 0.3 is 5.97 Å². The molecule has 2 aliphatic rings. The van der Waals surface area contributed by atoms with Gasteiger partial charge in [-0.1, -0.05) is 6.07 Å². The Morgan fingerprint density at radius 1 is 1.33 bits per heavy atom. The van der Waals surface area contributed by atoms with Crippen LogP contribution in [0.1, 0.15) is 36.0 Å². The standard InChI is InChI=1S/C18H24N2O4/c21-17(6-8-20-12-13-4-5-15(20)10-13)19-7-9-24-16-3-1-2-14(11-16)18(22)23/h1-3,11,13,15H,4-10,12H2,(H,19,21)(H,22,23). The van der Waals surface area contributed by atoms with Gasteiger partial charge in [0, 0.05) is 25.6 Å². The van der Waals surface area contributed by atoms with E-state index < -0.39 is 5.97 Å². The minimum atomic E-state index is -0.982. The predicted molar refractivity (Wildman–Crippen MR) is 89.2 cm³/mol. The van der Waals surface area contributed by atoms with Crippen molar-refractivity contribution in [2.45, 2.75) is 31.7 Å². The molecule has 6 heteroatoms. The third kappa shape index (κ3) is 4.26. The number of likely N-dealkylation sites (tertiary alicyclic amines) is 1. The Balaban J connectivity index is 1.31. The number of fused-ring (bicyclic) bond motifs is 2. The van der Waals surface area contributed by atoms with E-state index in [0.717, 1.165) is 19.0 Å². The van der Waals surface area contributed by atoms with Gasteiger partial charge in [0.25, 0.3) is 0 Å². The number of rotatable bonds is 8. The topological polar surface area (TPSA) is 78.9 Å². The Kier molecular flexibility index (Phi) is 5.35. The number of carboxylic acids is 1. The van der Waals surface area contributed by atoms with Crippen LogP contribution >= 0.6 is 0 Å². The van der Waals surface area contributed by atoms with E-state index in [0.29, 0.717) is 31.4 Å². The highest BCUT2D eigenvalue weighted by atomic mass is 16.5. The lowest BCUT2D eigenvalue weighted by Gasteiger charge is -2.26. The average Bonchev–Trinajstić information content (AvgIpc) is 3.20. The molecule has 1 amide bonds. The summed E-state index contributed by atoms with van der Waals surface area (Å²) in [6, 6.07) is 7.04. The first-order valence-corrected chi connectivity index (χ1v) is 8.59. The van der Waals surface area contributed by atoms with E-state index in [9.17, 15) is 9.59 Å². The average molecular weight is 332 g/mol. The number of amides is 1. The summed E-state index contributed by atoms with van der Waals surface area (Å²) < 4.78 is 5.48. The molecule has 1 heterocycles. The molecule has 2 bridgehead atoms. The van der Waals surface area contributed by atoms with Gasteiger partial charge in [-0.2, -0.15) is 0 Å². The van der Waals surface area contributed by atoms with E-state index in [1.165, 1.54) is 31.4 Å². The lowest BCUT2D eigenvalue weighted by atomic mass is 10.1. The number of ether oxygens (including phenoxy) is 1. The SMILES string of the molecule is O=C(CCN1CC2CCC1C2)NCCOc1cccc(C(=O)O)c1. The molecule has 24 heavy (non-hydrogen) atoms. The van der Waals surface area contributed by atoms with Crippen molar-refractivity contribution in [1.82, 2.24) is 10.2 Å². The van der Waals surface area contributed by atoms with Crippen molar-refractivity contribution in [2.24, 2.45) is 5.92 Å². The quantitative estimate of drug-likeness (QED) is 0.709. The summed E-state index contributed by atoms with van der Waals surface area (Å²) in [5, 5.41) is 11.8. The highest BCUT2D eigenvalue weighted by Gasteiger charge is 2.37. The summed E-state index contributed by atoms with van der Waals surface area (Å²) in [5.41, 5.74) is 0.191. The van der Waals surface area contributed by atoms with Crippen LogP contribution in [0.15, 0.2) is 24.3 Å². The van der Waals surface area contributed by atoms with Gasteiger partial charge in [0.1, 0.15) is 12.4 Å². The van der Waals surface area contributed by atoms with Crippen LogP contribution in [0.5, 0.6) is 5.75 Å². The fraction of sp³-hybridized carbons (Fsp3) is 0.556. The fourth-order valence-corrected chi connectivity index (χ4v) is 3.71. The molecule has 0 spiro atoms. The molecule has 2 fully saturated rings. The number of hydrogen-bond acceptors (Lipinski definition) is 4. The first-order valence-electron chi connectivity index (χ1n) is 8.59. The third-order valence-electron chi connectivity index (χ3n) is 4.92. The van der Waals surface area contributed by atoms with Gasteiger partial charge in [-0.3, -0.25) is 9.69 Å². The van der Waals surface area contributed by atoms with Crippen LogP contribution < -0.4 is 10.1 Å². The van der Waals surface area contributed by atoms with Gasteiger partial charge < -0.3 is 15.2 Å². The normalized spacial score (nSPS) is 22.5. The van der Waals surface area contributed by atoms with Gasteiger partial charge in [0.05, 0.1) is 12.1 Å². The minimum absolute atomic E-state index is 0.0423. The van der Waals surface area contributed by atoms with Gasteiger partial charge in [-0.15, -0.1) is 0 Å². The molecule has 3 rings (SSSR count). The van der Waals surface area contributed by atoms with Gasteiger partial charge in [-0.25, -0.2) is 4.79 Å². The molecule has 1 saturated heterocycles. The van der Waals surface area contributed by atoms with E-state index in [2.05, 4.69) is 10.2 Å². The maximum atomic E-state index is 11.9. The van der Waals surface area contributed by atoms with Crippen molar-refractivity contribution < 1.29 is 19.4 Å².